The number of hydrogen-bond acceptors (Lipinski definition) is 1. The Labute approximate surface area is 101 Å². The monoisotopic (exact) mass is 241 g/mol. The number of rotatable bonds is 5. The summed E-state index contributed by atoms with van der Waals surface area (Å²) in [7, 11) is 0. The van der Waals surface area contributed by atoms with Crippen LogP contribution in [0.15, 0.2) is 18.2 Å². The third kappa shape index (κ3) is 3.46. The number of hydrogen-bond donors (Lipinski definition) is 1. The fourth-order valence-electron chi connectivity index (χ4n) is 2.03. The van der Waals surface area contributed by atoms with Crippen molar-refractivity contribution in [2.45, 2.75) is 32.2 Å². The largest absolute Gasteiger partial charge is 0.313 e. The minimum atomic E-state index is -0.261. The second-order valence-corrected chi connectivity index (χ2v) is 4.98. The summed E-state index contributed by atoms with van der Waals surface area (Å²) in [5.74, 6) is 0.659. The fraction of sp³-hybridized carbons (Fsp3) is 0.538. The van der Waals surface area contributed by atoms with Crippen LogP contribution in [0.25, 0.3) is 0 Å². The molecule has 3 heteroatoms. The molecule has 1 aliphatic carbocycles. The highest BCUT2D eigenvalue weighted by atomic mass is 35.5. The maximum atomic E-state index is 13.0. The van der Waals surface area contributed by atoms with Crippen molar-refractivity contribution in [1.82, 2.24) is 5.32 Å². The van der Waals surface area contributed by atoms with Crippen LogP contribution in [0.1, 0.15) is 31.2 Å². The summed E-state index contributed by atoms with van der Waals surface area (Å²) in [6.45, 7) is 1.71. The highest BCUT2D eigenvalue weighted by Crippen LogP contribution is 2.28. The summed E-state index contributed by atoms with van der Waals surface area (Å²) in [5.41, 5.74) is 0.915. The number of benzene rings is 1. The van der Waals surface area contributed by atoms with Crippen LogP contribution >= 0.6 is 11.6 Å². The van der Waals surface area contributed by atoms with Crippen LogP contribution in [0.2, 0.25) is 5.02 Å². The Bertz CT molecular complexity index is 330. The molecule has 0 aliphatic heterocycles. The lowest BCUT2D eigenvalue weighted by Crippen LogP contribution is -2.21. The first-order chi connectivity index (χ1) is 7.74. The molecular formula is C13H17ClFN. The average Bonchev–Trinajstić information content (AvgIpc) is 2.13. The number of nitrogens with one attached hydrogen (secondary N) is 1. The minimum Gasteiger partial charge on any atom is -0.313 e. The Morgan fingerprint density at radius 2 is 2.12 bits per heavy atom. The molecule has 16 heavy (non-hydrogen) atoms. The molecule has 0 unspecified atom stereocenters. The SMILES string of the molecule is Fc1cc(Cl)cc(CNCCC2CCC2)c1. The molecule has 0 spiro atoms. The zero-order chi connectivity index (χ0) is 11.4. The van der Waals surface area contributed by atoms with E-state index in [4.69, 9.17) is 11.6 Å². The third-order valence-corrected chi connectivity index (χ3v) is 3.42. The molecule has 1 aromatic carbocycles. The van der Waals surface area contributed by atoms with Gasteiger partial charge in [0, 0.05) is 11.6 Å². The van der Waals surface area contributed by atoms with Gasteiger partial charge in [0.1, 0.15) is 5.82 Å². The van der Waals surface area contributed by atoms with Gasteiger partial charge in [-0.25, -0.2) is 4.39 Å². The van der Waals surface area contributed by atoms with E-state index in [0.29, 0.717) is 11.6 Å². The summed E-state index contributed by atoms with van der Waals surface area (Å²) < 4.78 is 13.0. The van der Waals surface area contributed by atoms with E-state index in [-0.39, 0.29) is 5.82 Å². The zero-order valence-corrected chi connectivity index (χ0v) is 10.1. The van der Waals surface area contributed by atoms with Gasteiger partial charge in [0.05, 0.1) is 0 Å². The van der Waals surface area contributed by atoms with Gasteiger partial charge in [0.25, 0.3) is 0 Å². The van der Waals surface area contributed by atoms with Gasteiger partial charge < -0.3 is 5.32 Å². The van der Waals surface area contributed by atoms with Gasteiger partial charge >= 0.3 is 0 Å². The quantitative estimate of drug-likeness (QED) is 0.774. The van der Waals surface area contributed by atoms with Gasteiger partial charge in [-0.05, 0) is 42.6 Å². The van der Waals surface area contributed by atoms with Crippen LogP contribution in [0.4, 0.5) is 4.39 Å². The molecule has 88 valence electrons. The van der Waals surface area contributed by atoms with Crippen molar-refractivity contribution in [3.8, 4) is 0 Å². The van der Waals surface area contributed by atoms with Crippen molar-refractivity contribution in [2.75, 3.05) is 6.54 Å². The normalized spacial score (nSPS) is 16.1. The van der Waals surface area contributed by atoms with E-state index in [0.717, 1.165) is 18.0 Å². The minimum absolute atomic E-state index is 0.261. The predicted molar refractivity (Wildman–Crippen MR) is 65.1 cm³/mol. The Hall–Kier alpha value is -0.600. The average molecular weight is 242 g/mol. The summed E-state index contributed by atoms with van der Waals surface area (Å²) in [4.78, 5) is 0. The van der Waals surface area contributed by atoms with Gasteiger partial charge in [-0.15, -0.1) is 0 Å². The summed E-state index contributed by atoms with van der Waals surface area (Å²) >= 11 is 5.78. The highest BCUT2D eigenvalue weighted by Gasteiger charge is 2.16. The Kier molecular flexibility index (Phi) is 4.19. The van der Waals surface area contributed by atoms with Crippen molar-refractivity contribution in [1.29, 1.82) is 0 Å². The maximum Gasteiger partial charge on any atom is 0.125 e. The van der Waals surface area contributed by atoms with Crippen LogP contribution in [-0.4, -0.2) is 6.54 Å². The van der Waals surface area contributed by atoms with Crippen molar-refractivity contribution < 1.29 is 4.39 Å². The van der Waals surface area contributed by atoms with Gasteiger partial charge in [-0.1, -0.05) is 30.9 Å². The molecule has 1 N–H and O–H groups in total. The standard InChI is InChI=1S/C13H17ClFN/c14-12-6-11(7-13(15)8-12)9-16-5-4-10-2-1-3-10/h6-8,10,16H,1-5,9H2. The van der Waals surface area contributed by atoms with E-state index in [1.165, 1.54) is 37.8 Å². The molecule has 0 bridgehead atoms. The predicted octanol–water partition coefficient (Wildman–Crippen LogP) is 3.76. The summed E-state index contributed by atoms with van der Waals surface area (Å²) in [5, 5.41) is 3.80. The third-order valence-electron chi connectivity index (χ3n) is 3.21. The first-order valence-corrected chi connectivity index (χ1v) is 6.27. The molecule has 2 rings (SSSR count). The van der Waals surface area contributed by atoms with E-state index < -0.39 is 0 Å². The molecule has 1 fully saturated rings. The molecule has 0 heterocycles. The molecule has 0 radical (unpaired) electrons. The lowest BCUT2D eigenvalue weighted by molar-refractivity contribution is 0.292. The highest BCUT2D eigenvalue weighted by molar-refractivity contribution is 6.30. The lowest BCUT2D eigenvalue weighted by atomic mass is 9.83. The summed E-state index contributed by atoms with van der Waals surface area (Å²) in [6.07, 6.45) is 5.40. The first kappa shape index (κ1) is 11.9. The summed E-state index contributed by atoms with van der Waals surface area (Å²) in [6, 6.07) is 4.67. The molecule has 1 saturated carbocycles. The molecule has 0 saturated heterocycles. The van der Waals surface area contributed by atoms with Crippen molar-refractivity contribution in [3.63, 3.8) is 0 Å². The van der Waals surface area contributed by atoms with Gasteiger partial charge in [0.2, 0.25) is 0 Å². The Morgan fingerprint density at radius 1 is 1.31 bits per heavy atom. The topological polar surface area (TPSA) is 12.0 Å². The van der Waals surface area contributed by atoms with Crippen LogP contribution in [0.5, 0.6) is 0 Å². The molecule has 0 amide bonds. The first-order valence-electron chi connectivity index (χ1n) is 5.90. The zero-order valence-electron chi connectivity index (χ0n) is 9.31. The Balaban J connectivity index is 1.71. The van der Waals surface area contributed by atoms with E-state index in [1.54, 1.807) is 6.07 Å². The molecule has 1 aliphatic rings. The lowest BCUT2D eigenvalue weighted by Gasteiger charge is -2.25. The van der Waals surface area contributed by atoms with E-state index in [2.05, 4.69) is 5.32 Å². The second kappa shape index (κ2) is 5.65. The van der Waals surface area contributed by atoms with Gasteiger partial charge in [-0.2, -0.15) is 0 Å². The molecule has 0 aromatic heterocycles. The van der Waals surface area contributed by atoms with Crippen LogP contribution < -0.4 is 5.32 Å². The van der Waals surface area contributed by atoms with Crippen molar-refractivity contribution in [2.24, 2.45) is 5.92 Å². The second-order valence-electron chi connectivity index (χ2n) is 4.54. The van der Waals surface area contributed by atoms with Crippen molar-refractivity contribution in [3.05, 3.63) is 34.6 Å². The molecule has 1 nitrogen and oxygen atoms in total. The van der Waals surface area contributed by atoms with Crippen LogP contribution in [0.3, 0.4) is 0 Å². The number of halogens is 2. The van der Waals surface area contributed by atoms with Gasteiger partial charge in [0.15, 0.2) is 0 Å². The van der Waals surface area contributed by atoms with E-state index in [1.807, 2.05) is 0 Å². The fourth-order valence-corrected chi connectivity index (χ4v) is 2.28. The smallest absolute Gasteiger partial charge is 0.125 e. The molecular weight excluding hydrogens is 225 g/mol. The maximum absolute atomic E-state index is 13.0. The van der Waals surface area contributed by atoms with Crippen LogP contribution in [-0.2, 0) is 6.54 Å². The van der Waals surface area contributed by atoms with E-state index >= 15 is 0 Å². The van der Waals surface area contributed by atoms with Crippen LogP contribution in [0, 0.1) is 11.7 Å². The molecule has 0 atom stereocenters. The van der Waals surface area contributed by atoms with Gasteiger partial charge in [-0.3, -0.25) is 0 Å². The van der Waals surface area contributed by atoms with E-state index in [9.17, 15) is 4.39 Å². The molecule has 1 aromatic rings. The Morgan fingerprint density at radius 3 is 2.75 bits per heavy atom. The van der Waals surface area contributed by atoms with Crippen molar-refractivity contribution >= 4 is 11.6 Å².